The molecule has 0 unspecified atom stereocenters. The minimum Gasteiger partial charge on any atom is -0.491 e. The van der Waals surface area contributed by atoms with Crippen LogP contribution in [-0.4, -0.2) is 28.1 Å². The van der Waals surface area contributed by atoms with Gasteiger partial charge in [0.25, 0.3) is 0 Å². The van der Waals surface area contributed by atoms with Crippen molar-refractivity contribution in [2.75, 3.05) is 6.61 Å². The van der Waals surface area contributed by atoms with E-state index in [1.807, 2.05) is 32.0 Å². The molecule has 0 spiro atoms. The number of carbonyl (C=O) groups excluding carboxylic acids is 1. The maximum absolute atomic E-state index is 12.0. The Morgan fingerprint density at radius 2 is 2.24 bits per heavy atom. The van der Waals surface area contributed by atoms with E-state index in [1.165, 1.54) is 0 Å². The number of amides is 1. The van der Waals surface area contributed by atoms with Gasteiger partial charge in [-0.05, 0) is 44.6 Å². The van der Waals surface area contributed by atoms with E-state index >= 15 is 0 Å². The fraction of sp³-hybridized carbons (Fsp3) is 0.467. The van der Waals surface area contributed by atoms with Crippen LogP contribution in [0.3, 0.4) is 0 Å². The molecule has 6 heteroatoms. The molecule has 1 heterocycles. The second-order valence-electron chi connectivity index (χ2n) is 5.24. The zero-order valence-electron chi connectivity index (χ0n) is 12.6. The number of carbonyl (C=O) groups is 1. The molecule has 1 aromatic heterocycles. The molecule has 0 atom stereocenters. The topological polar surface area (TPSA) is 59.0 Å². The summed E-state index contributed by atoms with van der Waals surface area (Å²) in [7, 11) is 0. The van der Waals surface area contributed by atoms with Gasteiger partial charge in [-0.25, -0.2) is 0 Å². The van der Waals surface area contributed by atoms with Gasteiger partial charge in [0.05, 0.1) is 12.1 Å². The first-order chi connectivity index (χ1) is 10.0. The van der Waals surface area contributed by atoms with E-state index in [0.29, 0.717) is 11.4 Å². The monoisotopic (exact) mass is 307 g/mol. The number of fused-ring (bicyclic) bond motifs is 1. The van der Waals surface area contributed by atoms with Gasteiger partial charge in [0.2, 0.25) is 5.91 Å². The van der Waals surface area contributed by atoms with Crippen LogP contribution >= 0.6 is 12.2 Å². The Labute approximate surface area is 129 Å². The average molecular weight is 307 g/mol. The van der Waals surface area contributed by atoms with Crippen LogP contribution in [0.2, 0.25) is 0 Å². The molecule has 0 bridgehead atoms. The molecule has 1 aromatic carbocycles. The zero-order chi connectivity index (χ0) is 15.4. The Morgan fingerprint density at radius 1 is 1.48 bits per heavy atom. The molecule has 114 valence electrons. The van der Waals surface area contributed by atoms with Crippen molar-refractivity contribution in [2.45, 2.75) is 39.8 Å². The number of rotatable bonds is 6. The molecular weight excluding hydrogens is 286 g/mol. The van der Waals surface area contributed by atoms with Crippen molar-refractivity contribution in [2.24, 2.45) is 0 Å². The third kappa shape index (κ3) is 3.64. The van der Waals surface area contributed by atoms with Crippen LogP contribution < -0.4 is 10.1 Å². The lowest BCUT2D eigenvalue weighted by molar-refractivity contribution is -0.122. The molecule has 0 radical (unpaired) electrons. The largest absolute Gasteiger partial charge is 0.491 e. The number of nitrogens with one attached hydrogen (secondary N) is 2. The first-order valence-electron chi connectivity index (χ1n) is 7.16. The van der Waals surface area contributed by atoms with Gasteiger partial charge in [0, 0.05) is 6.04 Å². The predicted octanol–water partition coefficient (Wildman–Crippen LogP) is 3.01. The number of hydrogen-bond acceptors (Lipinski definition) is 3. The maximum Gasteiger partial charge on any atom is 0.240 e. The molecule has 21 heavy (non-hydrogen) atoms. The van der Waals surface area contributed by atoms with E-state index in [-0.39, 0.29) is 18.5 Å². The van der Waals surface area contributed by atoms with Crippen LogP contribution in [0, 0.1) is 4.77 Å². The second-order valence-corrected chi connectivity index (χ2v) is 5.62. The average Bonchev–Trinajstić information content (AvgIpc) is 2.73. The van der Waals surface area contributed by atoms with Crippen molar-refractivity contribution in [1.82, 2.24) is 14.9 Å². The summed E-state index contributed by atoms with van der Waals surface area (Å²) in [4.78, 5) is 15.1. The smallest absolute Gasteiger partial charge is 0.240 e. The molecule has 2 rings (SSSR count). The lowest BCUT2D eigenvalue weighted by Crippen LogP contribution is -2.33. The van der Waals surface area contributed by atoms with E-state index in [4.69, 9.17) is 17.0 Å². The van der Waals surface area contributed by atoms with Crippen molar-refractivity contribution < 1.29 is 9.53 Å². The Bertz CT molecular complexity index is 688. The molecule has 2 aromatic rings. The number of imidazole rings is 1. The van der Waals surface area contributed by atoms with E-state index in [1.54, 1.807) is 4.57 Å². The molecule has 0 fully saturated rings. The zero-order valence-corrected chi connectivity index (χ0v) is 13.4. The highest BCUT2D eigenvalue weighted by Gasteiger charge is 2.12. The standard InChI is InChI=1S/C15H21N3O2S/c1-4-8-20-12-7-5-6-11-14(12)17-15(21)18(11)9-13(19)16-10(2)3/h5-7,10H,4,8-9H2,1-3H3,(H,16,19)(H,17,21). The Kier molecular flexibility index (Phi) is 5.01. The van der Waals surface area contributed by atoms with Gasteiger partial charge >= 0.3 is 0 Å². The van der Waals surface area contributed by atoms with Gasteiger partial charge in [0.1, 0.15) is 17.8 Å². The Morgan fingerprint density at radius 3 is 2.90 bits per heavy atom. The fourth-order valence-electron chi connectivity index (χ4n) is 2.15. The van der Waals surface area contributed by atoms with Gasteiger partial charge in [-0.1, -0.05) is 13.0 Å². The summed E-state index contributed by atoms with van der Waals surface area (Å²) in [6, 6.07) is 5.86. The number of H-pyrrole nitrogens is 1. The summed E-state index contributed by atoms with van der Waals surface area (Å²) in [5.74, 6) is 0.713. The minimum atomic E-state index is -0.0538. The fourth-order valence-corrected chi connectivity index (χ4v) is 2.42. The number of hydrogen-bond donors (Lipinski definition) is 2. The molecule has 1 amide bonds. The van der Waals surface area contributed by atoms with Crippen LogP contribution in [0.25, 0.3) is 11.0 Å². The number of aromatic amines is 1. The molecule has 0 aliphatic rings. The first kappa shape index (κ1) is 15.6. The normalized spacial score (nSPS) is 11.0. The van der Waals surface area contributed by atoms with Crippen LogP contribution in [0.15, 0.2) is 18.2 Å². The summed E-state index contributed by atoms with van der Waals surface area (Å²) in [5.41, 5.74) is 1.72. The van der Waals surface area contributed by atoms with Crippen molar-refractivity contribution >= 4 is 29.2 Å². The molecule has 0 aliphatic heterocycles. The van der Waals surface area contributed by atoms with Gasteiger partial charge < -0.3 is 19.6 Å². The lowest BCUT2D eigenvalue weighted by Gasteiger charge is -2.10. The van der Waals surface area contributed by atoms with E-state index in [0.717, 1.165) is 23.2 Å². The maximum atomic E-state index is 12.0. The van der Waals surface area contributed by atoms with Crippen LogP contribution in [0.4, 0.5) is 0 Å². The Balaban J connectivity index is 2.34. The number of benzene rings is 1. The van der Waals surface area contributed by atoms with Gasteiger partial charge in [-0.15, -0.1) is 0 Å². The first-order valence-corrected chi connectivity index (χ1v) is 7.57. The van der Waals surface area contributed by atoms with E-state index in [9.17, 15) is 4.79 Å². The molecule has 0 saturated heterocycles. The highest BCUT2D eigenvalue weighted by molar-refractivity contribution is 7.71. The summed E-state index contributed by atoms with van der Waals surface area (Å²) >= 11 is 5.33. The summed E-state index contributed by atoms with van der Waals surface area (Å²) in [5, 5.41) is 2.87. The minimum absolute atomic E-state index is 0.0538. The molecular formula is C15H21N3O2S. The predicted molar refractivity (Wildman–Crippen MR) is 86.2 cm³/mol. The quantitative estimate of drug-likeness (QED) is 0.807. The van der Waals surface area contributed by atoms with Crippen LogP contribution in [-0.2, 0) is 11.3 Å². The van der Waals surface area contributed by atoms with Crippen molar-refractivity contribution in [3.8, 4) is 5.75 Å². The summed E-state index contributed by atoms with van der Waals surface area (Å²) < 4.78 is 8.03. The van der Waals surface area contributed by atoms with Gasteiger partial charge in [-0.3, -0.25) is 4.79 Å². The van der Waals surface area contributed by atoms with E-state index < -0.39 is 0 Å². The van der Waals surface area contributed by atoms with Crippen molar-refractivity contribution in [3.63, 3.8) is 0 Å². The highest BCUT2D eigenvalue weighted by Crippen LogP contribution is 2.25. The van der Waals surface area contributed by atoms with Gasteiger partial charge in [0.15, 0.2) is 4.77 Å². The second kappa shape index (κ2) is 6.76. The third-order valence-electron chi connectivity index (χ3n) is 2.99. The summed E-state index contributed by atoms with van der Waals surface area (Å²) in [6.45, 7) is 6.78. The molecule has 0 aliphatic carbocycles. The van der Waals surface area contributed by atoms with Gasteiger partial charge in [-0.2, -0.15) is 0 Å². The third-order valence-corrected chi connectivity index (χ3v) is 3.31. The van der Waals surface area contributed by atoms with Crippen LogP contribution in [0.1, 0.15) is 27.2 Å². The van der Waals surface area contributed by atoms with Crippen molar-refractivity contribution in [3.05, 3.63) is 23.0 Å². The number of ether oxygens (including phenoxy) is 1. The SMILES string of the molecule is CCCOc1cccc2c1[nH]c(=S)n2CC(=O)NC(C)C. The number of aromatic nitrogens is 2. The van der Waals surface area contributed by atoms with E-state index in [2.05, 4.69) is 17.2 Å². The Hall–Kier alpha value is -1.82. The molecule has 0 saturated carbocycles. The number of para-hydroxylation sites is 1. The van der Waals surface area contributed by atoms with Crippen LogP contribution in [0.5, 0.6) is 5.75 Å². The van der Waals surface area contributed by atoms with Crippen molar-refractivity contribution in [1.29, 1.82) is 0 Å². The number of nitrogens with zero attached hydrogens (tertiary/aromatic N) is 1. The molecule has 2 N–H and O–H groups in total. The molecule has 5 nitrogen and oxygen atoms in total. The highest BCUT2D eigenvalue weighted by atomic mass is 32.1. The lowest BCUT2D eigenvalue weighted by atomic mass is 10.3. The summed E-state index contributed by atoms with van der Waals surface area (Å²) in [6.07, 6.45) is 0.939.